The van der Waals surface area contributed by atoms with Crippen LogP contribution in [0.3, 0.4) is 0 Å². The first kappa shape index (κ1) is 22.1. The Kier molecular flexibility index (Phi) is 6.65. The average Bonchev–Trinajstić information content (AvgIpc) is 3.38. The minimum absolute atomic E-state index is 0.128. The Labute approximate surface area is 187 Å². The Bertz CT molecular complexity index is 1010. The van der Waals surface area contributed by atoms with E-state index in [4.69, 9.17) is 9.90 Å². The molecule has 1 aromatic heterocycles. The van der Waals surface area contributed by atoms with Gasteiger partial charge in [-0.25, -0.2) is 0 Å². The number of β-amino-alcohol motifs (C(OH)–C–C–N with tert-alkyl or cyclic N) is 1. The molecule has 4 atom stereocenters. The number of aliphatic hydroxyl groups excluding tert-OH is 2. The number of aliphatic hydroxyl groups is 2. The van der Waals surface area contributed by atoms with Crippen molar-refractivity contribution in [3.8, 4) is 11.3 Å². The molecule has 1 spiro atoms. The van der Waals surface area contributed by atoms with Crippen molar-refractivity contribution in [2.45, 2.75) is 18.6 Å². The number of pyridine rings is 1. The molecule has 2 fully saturated rings. The topological polar surface area (TPSA) is 93.9 Å². The third-order valence-electron chi connectivity index (χ3n) is 6.79. The zero-order valence-electron chi connectivity index (χ0n) is 17.8. The number of benzene rings is 2. The van der Waals surface area contributed by atoms with Gasteiger partial charge < -0.3 is 15.3 Å². The largest absolute Gasteiger partial charge is 0.483 e. The first-order chi connectivity index (χ1) is 15.6. The van der Waals surface area contributed by atoms with Crippen LogP contribution in [0.15, 0.2) is 79.0 Å². The van der Waals surface area contributed by atoms with Crippen LogP contribution in [0.25, 0.3) is 11.3 Å². The van der Waals surface area contributed by atoms with Crippen molar-refractivity contribution < 1.29 is 20.1 Å². The van der Waals surface area contributed by atoms with E-state index < -0.39 is 6.10 Å². The van der Waals surface area contributed by atoms with Crippen molar-refractivity contribution in [3.63, 3.8) is 0 Å². The van der Waals surface area contributed by atoms with Gasteiger partial charge in [-0.1, -0.05) is 60.7 Å². The lowest BCUT2D eigenvalue weighted by atomic mass is 9.95. The van der Waals surface area contributed by atoms with Gasteiger partial charge in [0.15, 0.2) is 0 Å². The summed E-state index contributed by atoms with van der Waals surface area (Å²) in [6, 6.07) is 24.8. The van der Waals surface area contributed by atoms with Crippen molar-refractivity contribution in [1.29, 1.82) is 0 Å². The molecule has 5 rings (SSSR count). The van der Waals surface area contributed by atoms with Crippen molar-refractivity contribution in [2.24, 2.45) is 11.3 Å². The highest BCUT2D eigenvalue weighted by Crippen LogP contribution is 2.68. The minimum Gasteiger partial charge on any atom is -0.483 e. The van der Waals surface area contributed by atoms with E-state index in [1.165, 1.54) is 11.1 Å². The van der Waals surface area contributed by atoms with E-state index in [9.17, 15) is 10.2 Å². The molecule has 0 amide bonds. The standard InChI is InChI=1S/C25H26N2O2.CH2O2/c28-16-21-24(20-6-2-1-3-7-20)25(21)17-27(15-23(25)29)14-18-9-11-19(12-10-18)22-8-4-5-13-26-22;2-1-3/h1-13,21,23-24,28-29H,14-17H2;1H,(H,2,3)/t21-,23-,24-,25-;/m1./s1. The van der Waals surface area contributed by atoms with E-state index in [0.29, 0.717) is 6.54 Å². The first-order valence-electron chi connectivity index (χ1n) is 10.8. The highest BCUT2D eigenvalue weighted by Gasteiger charge is 2.70. The molecular weight excluding hydrogens is 404 g/mol. The van der Waals surface area contributed by atoms with Gasteiger partial charge in [0.2, 0.25) is 0 Å². The SMILES string of the molecule is O=CO.OC[C@@H]1[C@@H](c2ccccc2)[C@]12CN(Cc1ccc(-c3ccccn3)cc1)C[C@H]2O. The fourth-order valence-electron chi connectivity index (χ4n) is 5.35. The Hall–Kier alpha value is -3.06. The molecule has 0 radical (unpaired) electrons. The third-order valence-corrected chi connectivity index (χ3v) is 6.79. The van der Waals surface area contributed by atoms with Gasteiger partial charge in [-0.05, 0) is 35.1 Å². The quantitative estimate of drug-likeness (QED) is 0.537. The molecule has 1 aliphatic carbocycles. The Morgan fingerprint density at radius 3 is 2.34 bits per heavy atom. The zero-order valence-corrected chi connectivity index (χ0v) is 17.8. The van der Waals surface area contributed by atoms with E-state index in [1.54, 1.807) is 0 Å². The van der Waals surface area contributed by atoms with Gasteiger partial charge >= 0.3 is 0 Å². The second kappa shape index (κ2) is 9.61. The lowest BCUT2D eigenvalue weighted by Crippen LogP contribution is -2.23. The molecule has 0 bridgehead atoms. The Morgan fingerprint density at radius 1 is 1.03 bits per heavy atom. The van der Waals surface area contributed by atoms with Crippen LogP contribution in [-0.4, -0.2) is 57.5 Å². The molecule has 166 valence electrons. The maximum atomic E-state index is 10.9. The summed E-state index contributed by atoms with van der Waals surface area (Å²) in [5, 5.41) is 27.8. The molecule has 2 aliphatic rings. The van der Waals surface area contributed by atoms with Gasteiger partial charge in [-0.3, -0.25) is 14.7 Å². The van der Waals surface area contributed by atoms with E-state index in [2.05, 4.69) is 46.3 Å². The molecule has 1 saturated carbocycles. The summed E-state index contributed by atoms with van der Waals surface area (Å²) in [7, 11) is 0. The van der Waals surface area contributed by atoms with Gasteiger partial charge in [-0.2, -0.15) is 0 Å². The van der Waals surface area contributed by atoms with E-state index in [-0.39, 0.29) is 30.3 Å². The second-order valence-electron chi connectivity index (χ2n) is 8.49. The van der Waals surface area contributed by atoms with Crippen molar-refractivity contribution in [2.75, 3.05) is 19.7 Å². The number of nitrogens with zero attached hydrogens (tertiary/aromatic N) is 2. The summed E-state index contributed by atoms with van der Waals surface area (Å²) in [5.41, 5.74) is 4.32. The predicted molar refractivity (Wildman–Crippen MR) is 122 cm³/mol. The van der Waals surface area contributed by atoms with Crippen LogP contribution >= 0.6 is 0 Å². The number of carboxylic acid groups (broad SMARTS) is 1. The fourth-order valence-corrected chi connectivity index (χ4v) is 5.35. The molecule has 3 aromatic rings. The lowest BCUT2D eigenvalue weighted by Gasteiger charge is -2.17. The number of hydrogen-bond acceptors (Lipinski definition) is 5. The molecule has 3 N–H and O–H groups in total. The number of hydrogen-bond donors (Lipinski definition) is 3. The number of rotatable bonds is 5. The monoisotopic (exact) mass is 432 g/mol. The maximum Gasteiger partial charge on any atom is 0.290 e. The van der Waals surface area contributed by atoms with Gasteiger partial charge in [0.05, 0.1) is 11.8 Å². The maximum absolute atomic E-state index is 10.9. The summed E-state index contributed by atoms with van der Waals surface area (Å²) in [5.74, 6) is 0.372. The number of aromatic nitrogens is 1. The molecule has 1 saturated heterocycles. The van der Waals surface area contributed by atoms with Gasteiger partial charge in [0, 0.05) is 43.4 Å². The highest BCUT2D eigenvalue weighted by atomic mass is 16.3. The van der Waals surface area contributed by atoms with Crippen molar-refractivity contribution >= 4 is 6.47 Å². The van der Waals surface area contributed by atoms with Gasteiger partial charge in [0.25, 0.3) is 6.47 Å². The molecule has 0 unspecified atom stereocenters. The smallest absolute Gasteiger partial charge is 0.290 e. The predicted octanol–water partition coefficient (Wildman–Crippen LogP) is 3.02. The van der Waals surface area contributed by atoms with E-state index >= 15 is 0 Å². The van der Waals surface area contributed by atoms with Crippen LogP contribution < -0.4 is 0 Å². The Balaban J connectivity index is 0.000000775. The zero-order chi connectivity index (χ0) is 22.6. The van der Waals surface area contributed by atoms with Gasteiger partial charge in [-0.15, -0.1) is 0 Å². The summed E-state index contributed by atoms with van der Waals surface area (Å²) >= 11 is 0. The number of likely N-dealkylation sites (tertiary alicyclic amines) is 1. The molecule has 2 aromatic carbocycles. The lowest BCUT2D eigenvalue weighted by molar-refractivity contribution is -0.122. The van der Waals surface area contributed by atoms with E-state index in [0.717, 1.165) is 24.3 Å². The summed E-state index contributed by atoms with van der Waals surface area (Å²) < 4.78 is 0. The second-order valence-corrected chi connectivity index (χ2v) is 8.49. The van der Waals surface area contributed by atoms with Crippen LogP contribution in [0.5, 0.6) is 0 Å². The van der Waals surface area contributed by atoms with Gasteiger partial charge in [0.1, 0.15) is 0 Å². The molecular formula is C26H28N2O4. The van der Waals surface area contributed by atoms with Crippen LogP contribution in [0.1, 0.15) is 17.0 Å². The first-order valence-corrected chi connectivity index (χ1v) is 10.8. The summed E-state index contributed by atoms with van der Waals surface area (Å²) in [4.78, 5) is 15.1. The molecule has 1 aliphatic heterocycles. The molecule has 6 nitrogen and oxygen atoms in total. The average molecular weight is 433 g/mol. The molecule has 32 heavy (non-hydrogen) atoms. The summed E-state index contributed by atoms with van der Waals surface area (Å²) in [6.07, 6.45) is 1.41. The van der Waals surface area contributed by atoms with Crippen LogP contribution in [0, 0.1) is 11.3 Å². The van der Waals surface area contributed by atoms with Crippen LogP contribution in [0.2, 0.25) is 0 Å². The molecule has 6 heteroatoms. The highest BCUT2D eigenvalue weighted by molar-refractivity contribution is 5.59. The minimum atomic E-state index is -0.405. The van der Waals surface area contributed by atoms with E-state index in [1.807, 2.05) is 42.6 Å². The third kappa shape index (κ3) is 4.17. The van der Waals surface area contributed by atoms with Crippen molar-refractivity contribution in [1.82, 2.24) is 9.88 Å². The summed E-state index contributed by atoms with van der Waals surface area (Å²) in [6.45, 7) is 2.16. The Morgan fingerprint density at radius 2 is 1.72 bits per heavy atom. The fraction of sp³-hybridized carbons (Fsp3) is 0.308. The van der Waals surface area contributed by atoms with Crippen LogP contribution in [0.4, 0.5) is 0 Å². The molecule has 2 heterocycles. The normalized spacial score (nSPS) is 26.4. The van der Waals surface area contributed by atoms with Crippen LogP contribution in [-0.2, 0) is 11.3 Å². The van der Waals surface area contributed by atoms with Crippen molar-refractivity contribution in [3.05, 3.63) is 90.1 Å². The number of carbonyl (C=O) groups is 1.